The fraction of sp³-hybridized carbons (Fsp3) is 0.625. The van der Waals surface area contributed by atoms with Crippen molar-refractivity contribution in [3.05, 3.63) is 23.7 Å². The van der Waals surface area contributed by atoms with Crippen molar-refractivity contribution >= 4 is 35.8 Å². The SMILES string of the molecule is CCNC(=O)C(C)(C)CNC(=NC)NC(C)c1ccc(C)o1.I. The molecular weight excluding hydrogens is 407 g/mol. The number of hydrogen-bond acceptors (Lipinski definition) is 3. The summed E-state index contributed by atoms with van der Waals surface area (Å²) in [7, 11) is 1.70. The summed E-state index contributed by atoms with van der Waals surface area (Å²) in [5.74, 6) is 2.39. The van der Waals surface area contributed by atoms with Crippen LogP contribution in [0.25, 0.3) is 0 Å². The van der Waals surface area contributed by atoms with Crippen LogP contribution in [0.1, 0.15) is 45.3 Å². The molecule has 0 saturated carbocycles. The van der Waals surface area contributed by atoms with E-state index in [0.717, 1.165) is 11.5 Å². The molecule has 0 aliphatic carbocycles. The van der Waals surface area contributed by atoms with E-state index >= 15 is 0 Å². The van der Waals surface area contributed by atoms with Gasteiger partial charge >= 0.3 is 0 Å². The molecule has 1 atom stereocenters. The molecule has 1 aromatic heterocycles. The van der Waals surface area contributed by atoms with Gasteiger partial charge in [0.15, 0.2) is 5.96 Å². The average molecular weight is 436 g/mol. The van der Waals surface area contributed by atoms with Crippen molar-refractivity contribution in [1.82, 2.24) is 16.0 Å². The van der Waals surface area contributed by atoms with Crippen LogP contribution in [0, 0.1) is 12.3 Å². The van der Waals surface area contributed by atoms with Gasteiger partial charge in [-0.15, -0.1) is 24.0 Å². The van der Waals surface area contributed by atoms with Crippen LogP contribution < -0.4 is 16.0 Å². The highest BCUT2D eigenvalue weighted by atomic mass is 127. The molecule has 132 valence electrons. The number of rotatable bonds is 6. The second-order valence-corrected chi connectivity index (χ2v) is 5.98. The molecule has 0 aliphatic heterocycles. The van der Waals surface area contributed by atoms with Crippen LogP contribution in [0.2, 0.25) is 0 Å². The highest BCUT2D eigenvalue weighted by molar-refractivity contribution is 14.0. The van der Waals surface area contributed by atoms with E-state index in [-0.39, 0.29) is 35.9 Å². The molecule has 1 heterocycles. The second kappa shape index (κ2) is 9.79. The number of amides is 1. The summed E-state index contributed by atoms with van der Waals surface area (Å²) < 4.78 is 5.60. The van der Waals surface area contributed by atoms with Crippen LogP contribution in [-0.2, 0) is 4.79 Å². The molecule has 0 radical (unpaired) electrons. The molecule has 1 unspecified atom stereocenters. The van der Waals surface area contributed by atoms with Crippen LogP contribution in [0.3, 0.4) is 0 Å². The molecule has 1 rings (SSSR count). The molecule has 3 N–H and O–H groups in total. The molecular formula is C16H29IN4O2. The molecule has 6 nitrogen and oxygen atoms in total. The molecule has 0 bridgehead atoms. The summed E-state index contributed by atoms with van der Waals surface area (Å²) >= 11 is 0. The van der Waals surface area contributed by atoms with Crippen molar-refractivity contribution in [1.29, 1.82) is 0 Å². The first kappa shape index (κ1) is 21.8. The fourth-order valence-corrected chi connectivity index (χ4v) is 1.94. The number of hydrogen-bond donors (Lipinski definition) is 3. The molecule has 0 aromatic carbocycles. The third kappa shape index (κ3) is 6.80. The maximum Gasteiger partial charge on any atom is 0.227 e. The summed E-state index contributed by atoms with van der Waals surface area (Å²) in [4.78, 5) is 16.2. The Bertz CT molecular complexity index is 526. The van der Waals surface area contributed by atoms with Gasteiger partial charge in [0.1, 0.15) is 11.5 Å². The Morgan fingerprint density at radius 3 is 2.48 bits per heavy atom. The van der Waals surface area contributed by atoms with Crippen molar-refractivity contribution in [2.45, 2.75) is 40.7 Å². The number of aliphatic imine (C=N–C) groups is 1. The highest BCUT2D eigenvalue weighted by Crippen LogP contribution is 2.16. The topological polar surface area (TPSA) is 78.7 Å². The number of nitrogens with zero attached hydrogens (tertiary/aromatic N) is 1. The first-order chi connectivity index (χ1) is 10.3. The predicted octanol–water partition coefficient (Wildman–Crippen LogP) is 2.59. The minimum Gasteiger partial charge on any atom is -0.464 e. The van der Waals surface area contributed by atoms with Gasteiger partial charge in [0.25, 0.3) is 0 Å². The van der Waals surface area contributed by atoms with Crippen molar-refractivity contribution in [3.63, 3.8) is 0 Å². The lowest BCUT2D eigenvalue weighted by Crippen LogP contribution is -2.48. The lowest BCUT2D eigenvalue weighted by atomic mass is 9.92. The van der Waals surface area contributed by atoms with E-state index in [0.29, 0.717) is 19.0 Å². The predicted molar refractivity (Wildman–Crippen MR) is 104 cm³/mol. The molecule has 1 amide bonds. The summed E-state index contributed by atoms with van der Waals surface area (Å²) in [5, 5.41) is 9.29. The summed E-state index contributed by atoms with van der Waals surface area (Å²) in [6.45, 7) is 10.7. The van der Waals surface area contributed by atoms with Crippen LogP contribution >= 0.6 is 24.0 Å². The minimum absolute atomic E-state index is 0. The van der Waals surface area contributed by atoms with Crippen LogP contribution in [0.5, 0.6) is 0 Å². The molecule has 0 saturated heterocycles. The molecule has 0 aliphatic rings. The third-order valence-corrected chi connectivity index (χ3v) is 3.41. The van der Waals surface area contributed by atoms with Gasteiger partial charge in [-0.05, 0) is 46.8 Å². The number of furan rings is 1. The quantitative estimate of drug-likeness (QED) is 0.364. The Kier molecular flexibility index (Phi) is 9.26. The number of aryl methyl sites for hydroxylation is 1. The van der Waals surface area contributed by atoms with E-state index in [1.165, 1.54) is 0 Å². The number of halogens is 1. The Hall–Kier alpha value is -1.25. The monoisotopic (exact) mass is 436 g/mol. The third-order valence-electron chi connectivity index (χ3n) is 3.41. The lowest BCUT2D eigenvalue weighted by molar-refractivity contribution is -0.128. The Morgan fingerprint density at radius 1 is 1.35 bits per heavy atom. The highest BCUT2D eigenvalue weighted by Gasteiger charge is 2.27. The summed E-state index contributed by atoms with van der Waals surface area (Å²) in [5.41, 5.74) is -0.516. The number of carbonyl (C=O) groups excluding carboxylic acids is 1. The van der Waals surface area contributed by atoms with Gasteiger partial charge in [-0.2, -0.15) is 0 Å². The van der Waals surface area contributed by atoms with Gasteiger partial charge in [-0.3, -0.25) is 9.79 Å². The van der Waals surface area contributed by atoms with E-state index in [1.54, 1.807) is 7.05 Å². The van der Waals surface area contributed by atoms with E-state index in [4.69, 9.17) is 4.42 Å². The van der Waals surface area contributed by atoms with Crippen molar-refractivity contribution < 1.29 is 9.21 Å². The number of guanidine groups is 1. The van der Waals surface area contributed by atoms with E-state index in [1.807, 2.05) is 46.8 Å². The average Bonchev–Trinajstić information content (AvgIpc) is 2.90. The summed E-state index contributed by atoms with van der Waals surface area (Å²) in [6, 6.07) is 3.87. The van der Waals surface area contributed by atoms with Gasteiger partial charge in [0.2, 0.25) is 5.91 Å². The molecule has 23 heavy (non-hydrogen) atoms. The first-order valence-corrected chi connectivity index (χ1v) is 7.62. The maximum atomic E-state index is 12.0. The molecule has 1 aromatic rings. The summed E-state index contributed by atoms with van der Waals surface area (Å²) in [6.07, 6.45) is 0. The molecule has 0 fully saturated rings. The standard InChI is InChI=1S/C16H28N4O2.HI/c1-7-18-14(21)16(4,5)10-19-15(17-6)20-12(3)13-9-8-11(2)22-13;/h8-9,12H,7,10H2,1-6H3,(H,18,21)(H2,17,19,20);1H. The van der Waals surface area contributed by atoms with Crippen LogP contribution in [0.4, 0.5) is 0 Å². The number of nitrogens with one attached hydrogen (secondary N) is 3. The first-order valence-electron chi connectivity index (χ1n) is 7.62. The Balaban J connectivity index is 0.00000484. The lowest BCUT2D eigenvalue weighted by Gasteiger charge is -2.25. The zero-order chi connectivity index (χ0) is 16.8. The second-order valence-electron chi connectivity index (χ2n) is 5.98. The Morgan fingerprint density at radius 2 is 2.00 bits per heavy atom. The fourth-order valence-electron chi connectivity index (χ4n) is 1.94. The van der Waals surface area contributed by atoms with Crippen molar-refractivity contribution in [2.75, 3.05) is 20.1 Å². The number of carbonyl (C=O) groups is 1. The van der Waals surface area contributed by atoms with Crippen LogP contribution in [0.15, 0.2) is 21.5 Å². The van der Waals surface area contributed by atoms with Gasteiger partial charge < -0.3 is 20.4 Å². The zero-order valence-corrected chi connectivity index (χ0v) is 17.1. The molecule has 0 spiro atoms. The van der Waals surface area contributed by atoms with E-state index < -0.39 is 5.41 Å². The minimum atomic E-state index is -0.516. The van der Waals surface area contributed by atoms with E-state index in [9.17, 15) is 4.79 Å². The molecule has 7 heteroatoms. The Labute approximate surface area is 155 Å². The largest absolute Gasteiger partial charge is 0.464 e. The van der Waals surface area contributed by atoms with Crippen molar-refractivity contribution in [3.8, 4) is 0 Å². The van der Waals surface area contributed by atoms with Gasteiger partial charge in [-0.1, -0.05) is 0 Å². The maximum absolute atomic E-state index is 12.0. The van der Waals surface area contributed by atoms with Crippen molar-refractivity contribution in [2.24, 2.45) is 10.4 Å². The van der Waals surface area contributed by atoms with Gasteiger partial charge in [0.05, 0.1) is 11.5 Å². The zero-order valence-electron chi connectivity index (χ0n) is 14.8. The smallest absolute Gasteiger partial charge is 0.227 e. The van der Waals surface area contributed by atoms with Crippen LogP contribution in [-0.4, -0.2) is 32.0 Å². The van der Waals surface area contributed by atoms with Gasteiger partial charge in [-0.25, -0.2) is 0 Å². The normalized spacial score (nSPS) is 13.0. The van der Waals surface area contributed by atoms with E-state index in [2.05, 4.69) is 20.9 Å². The van der Waals surface area contributed by atoms with Gasteiger partial charge in [0, 0.05) is 20.1 Å².